The highest BCUT2D eigenvalue weighted by atomic mass is 16.5. The van der Waals surface area contributed by atoms with Crippen LogP contribution >= 0.6 is 0 Å². The van der Waals surface area contributed by atoms with Gasteiger partial charge in [-0.05, 0) is 26.3 Å². The molecule has 1 unspecified atom stereocenters. The minimum absolute atomic E-state index is 0.00181. The van der Waals surface area contributed by atoms with Crippen LogP contribution in [0, 0.1) is 5.92 Å². The lowest BCUT2D eigenvalue weighted by molar-refractivity contribution is -0.133. The van der Waals surface area contributed by atoms with Crippen molar-refractivity contribution >= 4 is 11.7 Å². The van der Waals surface area contributed by atoms with E-state index in [4.69, 9.17) is 4.74 Å². The van der Waals surface area contributed by atoms with E-state index in [2.05, 4.69) is 5.32 Å². The molecule has 18 heavy (non-hydrogen) atoms. The van der Waals surface area contributed by atoms with Crippen LogP contribution in [0.25, 0.3) is 0 Å². The van der Waals surface area contributed by atoms with Crippen molar-refractivity contribution in [3.63, 3.8) is 0 Å². The molecule has 0 aromatic rings. The summed E-state index contributed by atoms with van der Waals surface area (Å²) in [5.74, 6) is -1.11. The quantitative estimate of drug-likeness (QED) is 0.728. The Labute approximate surface area is 107 Å². The number of carbonyl (C=O) groups excluding carboxylic acids is 2. The number of carbonyl (C=O) groups is 2. The van der Waals surface area contributed by atoms with Gasteiger partial charge in [-0.15, -0.1) is 0 Å². The van der Waals surface area contributed by atoms with Gasteiger partial charge in [0.2, 0.25) is 0 Å². The van der Waals surface area contributed by atoms with Gasteiger partial charge in [-0.1, -0.05) is 13.8 Å². The molecule has 0 aromatic carbocycles. The normalized spacial score (nSPS) is 24.8. The molecular weight excluding hydrogens is 234 g/mol. The number of ether oxygens (including phenoxy) is 1. The average molecular weight is 255 g/mol. The van der Waals surface area contributed by atoms with Crippen LogP contribution in [0.2, 0.25) is 0 Å². The fraction of sp³-hybridized carbons (Fsp3) is 0.692. The molecule has 5 nitrogen and oxygen atoms in total. The van der Waals surface area contributed by atoms with Gasteiger partial charge >= 0.3 is 0 Å². The number of Topliss-reactive ketones (excluding diaryl/α,β-unsaturated/α-hetero) is 1. The van der Waals surface area contributed by atoms with E-state index in [-0.39, 0.29) is 11.5 Å². The average Bonchev–Trinajstić information content (AvgIpc) is 2.49. The highest BCUT2D eigenvalue weighted by Gasteiger charge is 2.49. The number of nitrogens with one attached hydrogen (secondary N) is 1. The van der Waals surface area contributed by atoms with Crippen LogP contribution in [0.15, 0.2) is 11.1 Å². The van der Waals surface area contributed by atoms with E-state index < -0.39 is 23.0 Å². The minimum Gasteiger partial charge on any atom is -0.382 e. The van der Waals surface area contributed by atoms with Crippen LogP contribution in [0.4, 0.5) is 0 Å². The van der Waals surface area contributed by atoms with Crippen LogP contribution in [-0.2, 0) is 14.3 Å². The predicted molar refractivity (Wildman–Crippen MR) is 66.7 cm³/mol. The van der Waals surface area contributed by atoms with E-state index in [1.54, 1.807) is 6.92 Å². The second kappa shape index (κ2) is 4.48. The fourth-order valence-electron chi connectivity index (χ4n) is 2.28. The lowest BCUT2D eigenvalue weighted by atomic mass is 9.88. The summed E-state index contributed by atoms with van der Waals surface area (Å²) in [5.41, 5.74) is -2.02. The zero-order valence-corrected chi connectivity index (χ0v) is 11.7. The van der Waals surface area contributed by atoms with Crippen molar-refractivity contribution in [2.24, 2.45) is 5.92 Å². The summed E-state index contributed by atoms with van der Waals surface area (Å²) in [6, 6.07) is 0. The van der Waals surface area contributed by atoms with Gasteiger partial charge in [-0.3, -0.25) is 9.59 Å². The Hall–Kier alpha value is -1.20. The van der Waals surface area contributed by atoms with Gasteiger partial charge in [-0.25, -0.2) is 0 Å². The van der Waals surface area contributed by atoms with Crippen LogP contribution in [-0.4, -0.2) is 35.2 Å². The van der Waals surface area contributed by atoms with Crippen molar-refractivity contribution in [1.82, 2.24) is 5.32 Å². The van der Waals surface area contributed by atoms with Crippen molar-refractivity contribution in [1.29, 1.82) is 0 Å². The van der Waals surface area contributed by atoms with Crippen molar-refractivity contribution in [3.05, 3.63) is 11.1 Å². The second-order valence-electron chi connectivity index (χ2n) is 5.44. The molecule has 2 N–H and O–H groups in total. The smallest absolute Gasteiger partial charge is 0.257 e. The van der Waals surface area contributed by atoms with Crippen molar-refractivity contribution in [2.45, 2.75) is 45.9 Å². The molecule has 0 aromatic heterocycles. The van der Waals surface area contributed by atoms with E-state index >= 15 is 0 Å². The Balaban J connectivity index is 3.35. The van der Waals surface area contributed by atoms with Crippen LogP contribution in [0.1, 0.15) is 34.6 Å². The largest absolute Gasteiger partial charge is 0.382 e. The maximum Gasteiger partial charge on any atom is 0.257 e. The van der Waals surface area contributed by atoms with Gasteiger partial charge in [0.05, 0.1) is 5.57 Å². The lowest BCUT2D eigenvalue weighted by Gasteiger charge is -2.33. The predicted octanol–water partition coefficient (Wildman–Crippen LogP) is 0.771. The topological polar surface area (TPSA) is 75.6 Å². The molecular formula is C13H21NO4. The SMILES string of the molecule is COC1(C(C)C)NC(=O)C(C(=O)C(C)(C)O)=C1C. The van der Waals surface area contributed by atoms with Gasteiger partial charge in [0.25, 0.3) is 5.91 Å². The maximum absolute atomic E-state index is 12.1. The third-order valence-electron chi connectivity index (χ3n) is 3.38. The first-order valence-corrected chi connectivity index (χ1v) is 5.94. The summed E-state index contributed by atoms with van der Waals surface area (Å²) >= 11 is 0. The molecule has 102 valence electrons. The highest BCUT2D eigenvalue weighted by Crippen LogP contribution is 2.35. The van der Waals surface area contributed by atoms with Gasteiger partial charge in [0.15, 0.2) is 11.5 Å². The first-order chi connectivity index (χ1) is 8.08. The zero-order chi connectivity index (χ0) is 14.3. The number of rotatable bonds is 4. The molecule has 0 radical (unpaired) electrons. The Morgan fingerprint density at radius 1 is 1.44 bits per heavy atom. The zero-order valence-electron chi connectivity index (χ0n) is 11.7. The summed E-state index contributed by atoms with van der Waals surface area (Å²) in [4.78, 5) is 24.1. The third kappa shape index (κ3) is 2.08. The molecule has 1 amide bonds. The van der Waals surface area contributed by atoms with Crippen LogP contribution in [0.5, 0.6) is 0 Å². The van der Waals surface area contributed by atoms with Crippen LogP contribution < -0.4 is 5.32 Å². The summed E-state index contributed by atoms with van der Waals surface area (Å²) < 4.78 is 5.41. The molecule has 0 saturated carbocycles. The van der Waals surface area contributed by atoms with E-state index in [0.717, 1.165) is 0 Å². The molecule has 1 aliphatic rings. The van der Waals surface area contributed by atoms with Gasteiger partial charge in [-0.2, -0.15) is 0 Å². The number of methoxy groups -OCH3 is 1. The molecule has 0 aliphatic carbocycles. The number of hydrogen-bond donors (Lipinski definition) is 2. The summed E-state index contributed by atoms with van der Waals surface area (Å²) in [7, 11) is 1.49. The van der Waals surface area contributed by atoms with E-state index in [9.17, 15) is 14.7 Å². The molecule has 5 heteroatoms. The van der Waals surface area contributed by atoms with E-state index in [1.807, 2.05) is 13.8 Å². The van der Waals surface area contributed by atoms with Gasteiger partial charge in [0, 0.05) is 13.0 Å². The Kier molecular flexibility index (Phi) is 3.70. The summed E-state index contributed by atoms with van der Waals surface area (Å²) in [6.07, 6.45) is 0. The molecule has 0 saturated heterocycles. The van der Waals surface area contributed by atoms with E-state index in [1.165, 1.54) is 21.0 Å². The third-order valence-corrected chi connectivity index (χ3v) is 3.38. The maximum atomic E-state index is 12.1. The number of amides is 1. The summed E-state index contributed by atoms with van der Waals surface area (Å²) in [5, 5.41) is 12.5. The summed E-state index contributed by atoms with van der Waals surface area (Å²) in [6.45, 7) is 8.20. The Bertz CT molecular complexity index is 417. The van der Waals surface area contributed by atoms with Crippen molar-refractivity contribution < 1.29 is 19.4 Å². The Morgan fingerprint density at radius 2 is 1.94 bits per heavy atom. The molecule has 0 spiro atoms. The highest BCUT2D eigenvalue weighted by molar-refractivity contribution is 6.24. The lowest BCUT2D eigenvalue weighted by Crippen LogP contribution is -2.50. The first-order valence-electron chi connectivity index (χ1n) is 5.94. The standard InChI is InChI=1S/C13H21NO4/c1-7(2)13(18-6)8(3)9(11(16)14-13)10(15)12(4,5)17/h7,17H,1-6H3,(H,14,16). The number of aliphatic hydroxyl groups is 1. The second-order valence-corrected chi connectivity index (χ2v) is 5.44. The molecule has 1 heterocycles. The Morgan fingerprint density at radius 3 is 2.22 bits per heavy atom. The van der Waals surface area contributed by atoms with Crippen LogP contribution in [0.3, 0.4) is 0 Å². The van der Waals surface area contributed by atoms with Gasteiger partial charge in [0.1, 0.15) is 5.60 Å². The molecule has 0 fully saturated rings. The number of ketones is 1. The molecule has 1 atom stereocenters. The van der Waals surface area contributed by atoms with E-state index in [0.29, 0.717) is 5.57 Å². The fourth-order valence-corrected chi connectivity index (χ4v) is 2.28. The molecule has 1 aliphatic heterocycles. The molecule has 0 bridgehead atoms. The van der Waals surface area contributed by atoms with Crippen molar-refractivity contribution in [2.75, 3.05) is 7.11 Å². The molecule has 1 rings (SSSR count). The monoisotopic (exact) mass is 255 g/mol. The van der Waals surface area contributed by atoms with Crippen molar-refractivity contribution in [3.8, 4) is 0 Å². The number of hydrogen-bond acceptors (Lipinski definition) is 4. The minimum atomic E-state index is -1.57. The first kappa shape index (κ1) is 14.9. The van der Waals surface area contributed by atoms with Gasteiger partial charge < -0.3 is 15.2 Å².